The molecule has 0 unspecified atom stereocenters. The predicted octanol–water partition coefficient (Wildman–Crippen LogP) is 2.07. The number of aromatic nitrogens is 1. The van der Waals surface area contributed by atoms with Crippen molar-refractivity contribution in [3.8, 4) is 17.2 Å². The van der Waals surface area contributed by atoms with Crippen molar-refractivity contribution in [2.75, 3.05) is 0 Å². The molecule has 0 aliphatic rings. The highest BCUT2D eigenvalue weighted by Crippen LogP contribution is 2.23. The van der Waals surface area contributed by atoms with E-state index in [2.05, 4.69) is 4.98 Å². The molecule has 4 nitrogen and oxygen atoms in total. The van der Waals surface area contributed by atoms with Crippen LogP contribution < -0.4 is 5.73 Å². The minimum absolute atomic E-state index is 0.227. The summed E-state index contributed by atoms with van der Waals surface area (Å²) in [5.74, 6) is 1.51. The normalized spacial score (nSPS) is 10.6. The first-order valence-corrected chi connectivity index (χ1v) is 5.22. The van der Waals surface area contributed by atoms with Gasteiger partial charge in [0.1, 0.15) is 11.5 Å². The monoisotopic (exact) mass is 218 g/mol. The Morgan fingerprint density at radius 1 is 1.31 bits per heavy atom. The van der Waals surface area contributed by atoms with Crippen molar-refractivity contribution in [2.24, 2.45) is 5.73 Å². The standard InChI is InChI=1S/C12H14N2O2/c1-2-10-11(7-13)16-12(14-10)8-3-5-9(15)6-4-8/h3-6,15H,2,7,13H2,1H3. The fourth-order valence-electron chi connectivity index (χ4n) is 1.55. The van der Waals surface area contributed by atoms with Crippen molar-refractivity contribution in [1.29, 1.82) is 0 Å². The van der Waals surface area contributed by atoms with E-state index in [1.807, 2.05) is 6.92 Å². The van der Waals surface area contributed by atoms with E-state index < -0.39 is 0 Å². The fraction of sp³-hybridized carbons (Fsp3) is 0.250. The Morgan fingerprint density at radius 3 is 2.50 bits per heavy atom. The molecule has 0 bridgehead atoms. The number of aromatic hydroxyl groups is 1. The van der Waals surface area contributed by atoms with Crippen LogP contribution in [0.25, 0.3) is 11.5 Å². The number of rotatable bonds is 3. The molecule has 1 aromatic heterocycles. The zero-order valence-corrected chi connectivity index (χ0v) is 9.10. The van der Waals surface area contributed by atoms with Crippen LogP contribution in [0, 0.1) is 0 Å². The highest BCUT2D eigenvalue weighted by Gasteiger charge is 2.11. The first-order chi connectivity index (χ1) is 7.74. The zero-order chi connectivity index (χ0) is 11.5. The summed E-state index contributed by atoms with van der Waals surface area (Å²) < 4.78 is 5.56. The van der Waals surface area contributed by atoms with Gasteiger partial charge in [0.2, 0.25) is 5.89 Å². The van der Waals surface area contributed by atoms with Crippen LogP contribution in [-0.4, -0.2) is 10.1 Å². The molecule has 84 valence electrons. The van der Waals surface area contributed by atoms with Crippen molar-refractivity contribution in [1.82, 2.24) is 4.98 Å². The SMILES string of the molecule is CCc1nc(-c2ccc(O)cc2)oc1CN. The van der Waals surface area contributed by atoms with E-state index in [0.29, 0.717) is 12.4 Å². The Labute approximate surface area is 93.7 Å². The van der Waals surface area contributed by atoms with Crippen molar-refractivity contribution < 1.29 is 9.52 Å². The first-order valence-electron chi connectivity index (χ1n) is 5.22. The predicted molar refractivity (Wildman–Crippen MR) is 60.9 cm³/mol. The second kappa shape index (κ2) is 4.37. The van der Waals surface area contributed by atoms with Gasteiger partial charge < -0.3 is 15.3 Å². The third-order valence-electron chi connectivity index (χ3n) is 2.41. The number of phenolic OH excluding ortho intramolecular Hbond substituents is 1. The van der Waals surface area contributed by atoms with Crippen molar-refractivity contribution in [3.05, 3.63) is 35.7 Å². The maximum atomic E-state index is 9.18. The molecule has 4 heteroatoms. The Hall–Kier alpha value is -1.81. The van der Waals surface area contributed by atoms with Gasteiger partial charge in [0.25, 0.3) is 0 Å². The van der Waals surface area contributed by atoms with Gasteiger partial charge in [-0.05, 0) is 30.7 Å². The van der Waals surface area contributed by atoms with Crippen LogP contribution in [0.2, 0.25) is 0 Å². The lowest BCUT2D eigenvalue weighted by Crippen LogP contribution is -1.97. The van der Waals surface area contributed by atoms with Crippen LogP contribution in [0.15, 0.2) is 28.7 Å². The van der Waals surface area contributed by atoms with Gasteiger partial charge in [-0.2, -0.15) is 0 Å². The van der Waals surface area contributed by atoms with E-state index in [1.54, 1.807) is 24.3 Å². The molecular weight excluding hydrogens is 204 g/mol. The number of aryl methyl sites for hydroxylation is 1. The van der Waals surface area contributed by atoms with Crippen LogP contribution in [0.5, 0.6) is 5.75 Å². The maximum Gasteiger partial charge on any atom is 0.226 e. The van der Waals surface area contributed by atoms with Crippen molar-refractivity contribution in [2.45, 2.75) is 19.9 Å². The van der Waals surface area contributed by atoms with E-state index >= 15 is 0 Å². The van der Waals surface area contributed by atoms with E-state index in [4.69, 9.17) is 10.2 Å². The number of benzene rings is 1. The Balaban J connectivity index is 2.40. The largest absolute Gasteiger partial charge is 0.508 e. The molecule has 0 radical (unpaired) electrons. The summed E-state index contributed by atoms with van der Waals surface area (Å²) in [6.45, 7) is 2.37. The van der Waals surface area contributed by atoms with Gasteiger partial charge in [0.15, 0.2) is 0 Å². The lowest BCUT2D eigenvalue weighted by Gasteiger charge is -1.95. The van der Waals surface area contributed by atoms with Gasteiger partial charge in [0, 0.05) is 5.56 Å². The minimum atomic E-state index is 0.227. The van der Waals surface area contributed by atoms with Gasteiger partial charge in [0.05, 0.1) is 12.2 Å². The molecule has 3 N–H and O–H groups in total. The van der Waals surface area contributed by atoms with Crippen molar-refractivity contribution in [3.63, 3.8) is 0 Å². The summed E-state index contributed by atoms with van der Waals surface area (Å²) in [5.41, 5.74) is 7.30. The number of nitrogens with two attached hydrogens (primary N) is 1. The summed E-state index contributed by atoms with van der Waals surface area (Å²) in [6.07, 6.45) is 0.800. The maximum absolute atomic E-state index is 9.18. The van der Waals surface area contributed by atoms with E-state index in [0.717, 1.165) is 23.4 Å². The van der Waals surface area contributed by atoms with Crippen LogP contribution in [0.3, 0.4) is 0 Å². The first kappa shape index (κ1) is 10.7. The molecule has 0 atom stereocenters. The van der Waals surface area contributed by atoms with E-state index in [-0.39, 0.29) is 5.75 Å². The average molecular weight is 218 g/mol. The number of phenols is 1. The lowest BCUT2D eigenvalue weighted by atomic mass is 10.2. The smallest absolute Gasteiger partial charge is 0.226 e. The van der Waals surface area contributed by atoms with Crippen LogP contribution >= 0.6 is 0 Å². The second-order valence-corrected chi connectivity index (χ2v) is 3.49. The third kappa shape index (κ3) is 1.92. The van der Waals surface area contributed by atoms with Gasteiger partial charge in [-0.25, -0.2) is 4.98 Å². The van der Waals surface area contributed by atoms with Gasteiger partial charge >= 0.3 is 0 Å². The molecule has 2 aromatic rings. The van der Waals surface area contributed by atoms with E-state index in [1.165, 1.54) is 0 Å². The van der Waals surface area contributed by atoms with Gasteiger partial charge in [-0.3, -0.25) is 0 Å². The topological polar surface area (TPSA) is 72.3 Å². The molecule has 0 amide bonds. The van der Waals surface area contributed by atoms with Crippen LogP contribution in [0.4, 0.5) is 0 Å². The average Bonchev–Trinajstić information content (AvgIpc) is 2.73. The molecule has 1 heterocycles. The van der Waals surface area contributed by atoms with Gasteiger partial charge in [-0.1, -0.05) is 6.92 Å². The fourth-order valence-corrected chi connectivity index (χ4v) is 1.55. The number of hydrogen-bond donors (Lipinski definition) is 2. The molecule has 0 fully saturated rings. The summed E-state index contributed by atoms with van der Waals surface area (Å²) in [4.78, 5) is 4.37. The van der Waals surface area contributed by atoms with Crippen LogP contribution in [-0.2, 0) is 13.0 Å². The third-order valence-corrected chi connectivity index (χ3v) is 2.41. The van der Waals surface area contributed by atoms with E-state index in [9.17, 15) is 5.11 Å². The highest BCUT2D eigenvalue weighted by molar-refractivity contribution is 5.55. The second-order valence-electron chi connectivity index (χ2n) is 3.49. The molecule has 0 aliphatic carbocycles. The molecule has 0 spiro atoms. The molecule has 1 aromatic carbocycles. The summed E-state index contributed by atoms with van der Waals surface area (Å²) >= 11 is 0. The Bertz CT molecular complexity index is 453. The Kier molecular flexibility index (Phi) is 2.92. The van der Waals surface area contributed by atoms with Gasteiger partial charge in [-0.15, -0.1) is 0 Å². The summed E-state index contributed by atoms with van der Waals surface area (Å²) in [7, 11) is 0. The van der Waals surface area contributed by atoms with Crippen LogP contribution in [0.1, 0.15) is 18.4 Å². The summed E-state index contributed by atoms with van der Waals surface area (Å²) in [5, 5.41) is 9.18. The quantitative estimate of drug-likeness (QED) is 0.827. The zero-order valence-electron chi connectivity index (χ0n) is 9.10. The number of hydrogen-bond acceptors (Lipinski definition) is 4. The summed E-state index contributed by atoms with van der Waals surface area (Å²) in [6, 6.07) is 6.74. The minimum Gasteiger partial charge on any atom is -0.508 e. The van der Waals surface area contributed by atoms with Crippen molar-refractivity contribution >= 4 is 0 Å². The molecular formula is C12H14N2O2. The molecule has 0 saturated heterocycles. The lowest BCUT2D eigenvalue weighted by molar-refractivity contribution is 0.475. The molecule has 0 saturated carbocycles. The Morgan fingerprint density at radius 2 is 2.00 bits per heavy atom. The highest BCUT2D eigenvalue weighted by atomic mass is 16.4. The molecule has 0 aliphatic heterocycles. The number of nitrogens with zero attached hydrogens (tertiary/aromatic N) is 1. The molecule has 16 heavy (non-hydrogen) atoms. The number of oxazole rings is 1. The molecule has 2 rings (SSSR count).